The molecule has 4 aromatic rings. The van der Waals surface area contributed by atoms with Crippen LogP contribution < -0.4 is 10.2 Å². The second kappa shape index (κ2) is 8.64. The van der Waals surface area contributed by atoms with Gasteiger partial charge in [0.25, 0.3) is 0 Å². The van der Waals surface area contributed by atoms with E-state index in [1.807, 2.05) is 18.5 Å². The Morgan fingerprint density at radius 2 is 2.03 bits per heavy atom. The number of imidazole rings is 1. The average Bonchev–Trinajstić information content (AvgIpc) is 3.49. The fourth-order valence-electron chi connectivity index (χ4n) is 3.79. The van der Waals surface area contributed by atoms with Gasteiger partial charge in [-0.05, 0) is 12.1 Å². The van der Waals surface area contributed by atoms with E-state index in [1.54, 1.807) is 6.33 Å². The summed E-state index contributed by atoms with van der Waals surface area (Å²) < 4.78 is 5.52. The molecule has 3 aromatic heterocycles. The van der Waals surface area contributed by atoms with Crippen LogP contribution in [0.1, 0.15) is 11.4 Å². The number of nitrogens with one attached hydrogen (secondary N) is 3. The standard InChI is InChI=1S/C22H25N7O/c1-2-19(18-5-7-25-20(18)3-1)22-27-17(14-23-6-4-16-13-24-15-26-16)12-21(28-22)29-8-10-30-11-9-29/h1-3,5,7,12-13,15,23,25H,4,6,8-11,14H2,(H,24,26). The molecule has 0 amide bonds. The minimum Gasteiger partial charge on any atom is -0.378 e. The third-order valence-corrected chi connectivity index (χ3v) is 5.36. The Morgan fingerprint density at radius 3 is 2.90 bits per heavy atom. The van der Waals surface area contributed by atoms with Gasteiger partial charge in [0.15, 0.2) is 5.82 Å². The molecule has 5 rings (SSSR count). The number of aromatic nitrogens is 5. The molecule has 154 valence electrons. The second-order valence-electron chi connectivity index (χ2n) is 7.37. The van der Waals surface area contributed by atoms with Crippen molar-refractivity contribution in [3.05, 3.63) is 60.4 Å². The molecule has 3 N–H and O–H groups in total. The second-order valence-corrected chi connectivity index (χ2v) is 7.37. The number of aromatic amines is 2. The van der Waals surface area contributed by atoms with E-state index in [0.717, 1.165) is 78.8 Å². The Labute approximate surface area is 174 Å². The molecular formula is C22H25N7O. The lowest BCUT2D eigenvalue weighted by Crippen LogP contribution is -2.37. The average molecular weight is 403 g/mol. The van der Waals surface area contributed by atoms with Gasteiger partial charge in [-0.15, -0.1) is 0 Å². The van der Waals surface area contributed by atoms with E-state index in [9.17, 15) is 0 Å². The fourth-order valence-corrected chi connectivity index (χ4v) is 3.79. The smallest absolute Gasteiger partial charge is 0.162 e. The van der Waals surface area contributed by atoms with E-state index in [4.69, 9.17) is 14.7 Å². The molecule has 0 unspecified atom stereocenters. The third-order valence-electron chi connectivity index (χ3n) is 5.36. The zero-order valence-corrected chi connectivity index (χ0v) is 16.8. The summed E-state index contributed by atoms with van der Waals surface area (Å²) in [4.78, 5) is 22.6. The lowest BCUT2D eigenvalue weighted by atomic mass is 10.1. The van der Waals surface area contributed by atoms with Crippen molar-refractivity contribution in [1.29, 1.82) is 0 Å². The van der Waals surface area contributed by atoms with Gasteiger partial charge >= 0.3 is 0 Å². The SMILES string of the molecule is c1cc(-c2nc(CNCCc3c[nH]cn3)cc(N3CCOCC3)n2)c2cc[nH]c2c1. The first-order valence-electron chi connectivity index (χ1n) is 10.3. The number of morpholine rings is 1. The molecule has 1 fully saturated rings. The minimum atomic E-state index is 0.681. The number of rotatable bonds is 7. The monoisotopic (exact) mass is 403 g/mol. The van der Waals surface area contributed by atoms with E-state index in [1.165, 1.54) is 0 Å². The van der Waals surface area contributed by atoms with Gasteiger partial charge in [0.05, 0.1) is 30.9 Å². The van der Waals surface area contributed by atoms with Crippen molar-refractivity contribution >= 4 is 16.7 Å². The van der Waals surface area contributed by atoms with E-state index >= 15 is 0 Å². The van der Waals surface area contributed by atoms with Crippen LogP contribution in [0.4, 0.5) is 5.82 Å². The molecule has 8 nitrogen and oxygen atoms in total. The molecule has 8 heteroatoms. The maximum atomic E-state index is 5.52. The van der Waals surface area contributed by atoms with Gasteiger partial charge < -0.3 is 24.9 Å². The molecular weight excluding hydrogens is 378 g/mol. The molecule has 4 heterocycles. The molecule has 0 atom stereocenters. The number of H-pyrrole nitrogens is 2. The van der Waals surface area contributed by atoms with E-state index in [-0.39, 0.29) is 0 Å². The highest BCUT2D eigenvalue weighted by Crippen LogP contribution is 2.27. The summed E-state index contributed by atoms with van der Waals surface area (Å²) in [5, 5.41) is 4.62. The van der Waals surface area contributed by atoms with Crippen molar-refractivity contribution in [2.75, 3.05) is 37.7 Å². The molecule has 1 aliphatic heterocycles. The van der Waals surface area contributed by atoms with Crippen molar-refractivity contribution in [2.24, 2.45) is 0 Å². The highest BCUT2D eigenvalue weighted by molar-refractivity contribution is 5.93. The molecule has 0 spiro atoms. The van der Waals surface area contributed by atoms with Crippen LogP contribution in [0.3, 0.4) is 0 Å². The number of hydrogen-bond acceptors (Lipinski definition) is 6. The summed E-state index contributed by atoms with van der Waals surface area (Å²) >= 11 is 0. The van der Waals surface area contributed by atoms with Crippen molar-refractivity contribution < 1.29 is 4.74 Å². The molecule has 0 radical (unpaired) electrons. The number of hydrogen-bond donors (Lipinski definition) is 3. The Kier molecular flexibility index (Phi) is 5.41. The van der Waals surface area contributed by atoms with Gasteiger partial charge in [-0.1, -0.05) is 12.1 Å². The summed E-state index contributed by atoms with van der Waals surface area (Å²) in [6.45, 7) is 4.66. The lowest BCUT2D eigenvalue weighted by molar-refractivity contribution is 0.122. The van der Waals surface area contributed by atoms with Crippen LogP contribution in [0.2, 0.25) is 0 Å². The van der Waals surface area contributed by atoms with E-state index < -0.39 is 0 Å². The Morgan fingerprint density at radius 1 is 1.10 bits per heavy atom. The van der Waals surface area contributed by atoms with Crippen molar-refractivity contribution in [1.82, 2.24) is 30.2 Å². The zero-order chi connectivity index (χ0) is 20.2. The van der Waals surface area contributed by atoms with Crippen molar-refractivity contribution in [3.63, 3.8) is 0 Å². The molecule has 1 aliphatic rings. The van der Waals surface area contributed by atoms with Crippen LogP contribution in [0.25, 0.3) is 22.3 Å². The third kappa shape index (κ3) is 4.05. The van der Waals surface area contributed by atoms with Gasteiger partial charge in [-0.25, -0.2) is 15.0 Å². The lowest BCUT2D eigenvalue weighted by Gasteiger charge is -2.28. The number of anilines is 1. The predicted octanol–water partition coefficient (Wildman–Crippen LogP) is 2.52. The summed E-state index contributed by atoms with van der Waals surface area (Å²) in [6.07, 6.45) is 6.47. The maximum absolute atomic E-state index is 5.52. The van der Waals surface area contributed by atoms with E-state index in [2.05, 4.69) is 49.4 Å². The fraction of sp³-hybridized carbons (Fsp3) is 0.318. The van der Waals surface area contributed by atoms with Gasteiger partial charge in [-0.2, -0.15) is 0 Å². The summed E-state index contributed by atoms with van der Waals surface area (Å²) in [5.41, 5.74) is 4.17. The van der Waals surface area contributed by atoms with Crippen LogP contribution in [-0.4, -0.2) is 57.8 Å². The normalized spacial score (nSPS) is 14.5. The Hall–Kier alpha value is -3.23. The quantitative estimate of drug-likeness (QED) is 0.411. The molecule has 0 aliphatic carbocycles. The minimum absolute atomic E-state index is 0.681. The first kappa shape index (κ1) is 18.8. The summed E-state index contributed by atoms with van der Waals surface area (Å²) in [7, 11) is 0. The highest BCUT2D eigenvalue weighted by atomic mass is 16.5. The van der Waals surface area contributed by atoms with Crippen molar-refractivity contribution in [3.8, 4) is 11.4 Å². The van der Waals surface area contributed by atoms with E-state index in [0.29, 0.717) is 6.54 Å². The first-order chi connectivity index (χ1) is 14.9. The Balaban J connectivity index is 1.42. The van der Waals surface area contributed by atoms with Crippen LogP contribution >= 0.6 is 0 Å². The van der Waals surface area contributed by atoms with Crippen LogP contribution in [0.15, 0.2) is 49.1 Å². The van der Waals surface area contributed by atoms with Gasteiger partial charge in [-0.3, -0.25) is 0 Å². The van der Waals surface area contributed by atoms with Crippen LogP contribution in [0, 0.1) is 0 Å². The first-order valence-corrected chi connectivity index (χ1v) is 10.3. The topological polar surface area (TPSA) is 94.8 Å². The number of benzene rings is 1. The number of fused-ring (bicyclic) bond motifs is 1. The Bertz CT molecular complexity index is 1100. The largest absolute Gasteiger partial charge is 0.378 e. The van der Waals surface area contributed by atoms with Gasteiger partial charge in [0.2, 0.25) is 0 Å². The molecule has 1 aromatic carbocycles. The van der Waals surface area contributed by atoms with Gasteiger partial charge in [0, 0.05) is 67.5 Å². The summed E-state index contributed by atoms with van der Waals surface area (Å²) in [5.74, 6) is 1.72. The number of ether oxygens (including phenoxy) is 1. The zero-order valence-electron chi connectivity index (χ0n) is 16.8. The van der Waals surface area contributed by atoms with Crippen LogP contribution in [-0.2, 0) is 17.7 Å². The van der Waals surface area contributed by atoms with Crippen molar-refractivity contribution in [2.45, 2.75) is 13.0 Å². The molecule has 0 bridgehead atoms. The number of nitrogens with zero attached hydrogens (tertiary/aromatic N) is 4. The predicted molar refractivity (Wildman–Crippen MR) is 116 cm³/mol. The molecule has 30 heavy (non-hydrogen) atoms. The summed E-state index contributed by atoms with van der Waals surface area (Å²) in [6, 6.07) is 10.4. The molecule has 0 saturated carbocycles. The molecule has 1 saturated heterocycles. The maximum Gasteiger partial charge on any atom is 0.162 e. The highest BCUT2D eigenvalue weighted by Gasteiger charge is 2.17. The van der Waals surface area contributed by atoms with Gasteiger partial charge in [0.1, 0.15) is 5.82 Å². The van der Waals surface area contributed by atoms with Crippen LogP contribution in [0.5, 0.6) is 0 Å².